The van der Waals surface area contributed by atoms with Crippen LogP contribution in [0.3, 0.4) is 0 Å². The maximum absolute atomic E-state index is 12.5. The molecular weight excluding hydrogens is 335 g/mol. The normalized spacial score (nSPS) is 11.2. The zero-order chi connectivity index (χ0) is 17.2. The SMILES string of the molecule is Cc1cc(N)cc(Cl)c1NC(=O)C(C)(C)Oc1ccc(Cl)cc1. The van der Waals surface area contributed by atoms with E-state index in [4.69, 9.17) is 33.7 Å². The summed E-state index contributed by atoms with van der Waals surface area (Å²) in [6, 6.07) is 10.2. The maximum Gasteiger partial charge on any atom is 0.268 e. The number of nitrogen functional groups attached to an aromatic ring is 1. The lowest BCUT2D eigenvalue weighted by atomic mass is 10.1. The molecule has 0 aliphatic carbocycles. The molecule has 23 heavy (non-hydrogen) atoms. The molecule has 0 aliphatic heterocycles. The largest absolute Gasteiger partial charge is 0.478 e. The summed E-state index contributed by atoms with van der Waals surface area (Å²) in [5.41, 5.74) is 6.49. The van der Waals surface area contributed by atoms with E-state index in [-0.39, 0.29) is 5.91 Å². The van der Waals surface area contributed by atoms with Crippen molar-refractivity contribution in [2.24, 2.45) is 0 Å². The Morgan fingerprint density at radius 1 is 1.17 bits per heavy atom. The number of benzene rings is 2. The van der Waals surface area contributed by atoms with Crippen LogP contribution in [0.1, 0.15) is 19.4 Å². The number of aryl methyl sites for hydroxylation is 1. The van der Waals surface area contributed by atoms with E-state index >= 15 is 0 Å². The number of amides is 1. The fourth-order valence-electron chi connectivity index (χ4n) is 2.04. The average Bonchev–Trinajstić information content (AvgIpc) is 2.44. The molecule has 122 valence electrons. The van der Waals surface area contributed by atoms with Gasteiger partial charge in [0.1, 0.15) is 5.75 Å². The second-order valence-electron chi connectivity index (χ2n) is 5.72. The Morgan fingerprint density at radius 3 is 2.35 bits per heavy atom. The minimum Gasteiger partial charge on any atom is -0.478 e. The Kier molecular flexibility index (Phi) is 5.07. The predicted molar refractivity (Wildman–Crippen MR) is 95.4 cm³/mol. The summed E-state index contributed by atoms with van der Waals surface area (Å²) in [4.78, 5) is 12.5. The van der Waals surface area contributed by atoms with Crippen molar-refractivity contribution in [1.29, 1.82) is 0 Å². The first-order valence-corrected chi connectivity index (χ1v) is 7.76. The topological polar surface area (TPSA) is 64.3 Å². The molecule has 0 heterocycles. The Hall–Kier alpha value is -1.91. The quantitative estimate of drug-likeness (QED) is 0.785. The molecular formula is C17H18Cl2N2O2. The number of nitrogens with two attached hydrogens (primary N) is 1. The van der Waals surface area contributed by atoms with Gasteiger partial charge in [-0.15, -0.1) is 0 Å². The fourth-order valence-corrected chi connectivity index (χ4v) is 2.48. The Morgan fingerprint density at radius 2 is 1.78 bits per heavy atom. The van der Waals surface area contributed by atoms with E-state index in [9.17, 15) is 4.79 Å². The van der Waals surface area contributed by atoms with E-state index in [1.54, 1.807) is 50.2 Å². The van der Waals surface area contributed by atoms with E-state index in [1.165, 1.54) is 0 Å². The van der Waals surface area contributed by atoms with Gasteiger partial charge < -0.3 is 15.8 Å². The molecule has 0 fully saturated rings. The molecule has 0 spiro atoms. The van der Waals surface area contributed by atoms with Gasteiger partial charge in [0.2, 0.25) is 0 Å². The van der Waals surface area contributed by atoms with Crippen LogP contribution >= 0.6 is 23.2 Å². The summed E-state index contributed by atoms with van der Waals surface area (Å²) in [6.45, 7) is 5.18. The van der Waals surface area contributed by atoms with Crippen LogP contribution in [0.5, 0.6) is 5.75 Å². The van der Waals surface area contributed by atoms with Crippen molar-refractivity contribution in [2.45, 2.75) is 26.4 Å². The molecule has 0 atom stereocenters. The third-order valence-electron chi connectivity index (χ3n) is 3.28. The fraction of sp³-hybridized carbons (Fsp3) is 0.235. The van der Waals surface area contributed by atoms with Crippen molar-refractivity contribution in [3.63, 3.8) is 0 Å². The van der Waals surface area contributed by atoms with E-state index in [2.05, 4.69) is 5.32 Å². The van der Waals surface area contributed by atoms with Gasteiger partial charge in [-0.25, -0.2) is 0 Å². The molecule has 2 aromatic carbocycles. The highest BCUT2D eigenvalue weighted by atomic mass is 35.5. The Bertz CT molecular complexity index is 705. The molecule has 0 saturated heterocycles. The molecule has 0 aliphatic rings. The summed E-state index contributed by atoms with van der Waals surface area (Å²) in [6.07, 6.45) is 0. The second-order valence-corrected chi connectivity index (χ2v) is 6.56. The lowest BCUT2D eigenvalue weighted by molar-refractivity contribution is -0.128. The van der Waals surface area contributed by atoms with Crippen molar-refractivity contribution < 1.29 is 9.53 Å². The Labute approximate surface area is 145 Å². The van der Waals surface area contributed by atoms with Crippen LogP contribution in [-0.2, 0) is 4.79 Å². The van der Waals surface area contributed by atoms with Gasteiger partial charge in [-0.2, -0.15) is 0 Å². The van der Waals surface area contributed by atoms with Crippen LogP contribution in [0.4, 0.5) is 11.4 Å². The zero-order valence-corrected chi connectivity index (χ0v) is 14.6. The van der Waals surface area contributed by atoms with Crippen LogP contribution in [-0.4, -0.2) is 11.5 Å². The highest BCUT2D eigenvalue weighted by molar-refractivity contribution is 6.34. The first-order valence-electron chi connectivity index (χ1n) is 7.01. The van der Waals surface area contributed by atoms with Gasteiger partial charge in [0, 0.05) is 10.7 Å². The van der Waals surface area contributed by atoms with Crippen LogP contribution in [0, 0.1) is 6.92 Å². The van der Waals surface area contributed by atoms with Gasteiger partial charge in [0.05, 0.1) is 10.7 Å². The van der Waals surface area contributed by atoms with Crippen molar-refractivity contribution >= 4 is 40.5 Å². The lowest BCUT2D eigenvalue weighted by Gasteiger charge is -2.26. The van der Waals surface area contributed by atoms with Crippen molar-refractivity contribution in [3.05, 3.63) is 52.0 Å². The van der Waals surface area contributed by atoms with Gasteiger partial charge in [-0.1, -0.05) is 23.2 Å². The molecule has 0 aromatic heterocycles. The van der Waals surface area contributed by atoms with Gasteiger partial charge in [0.25, 0.3) is 5.91 Å². The molecule has 2 aromatic rings. The molecule has 0 bridgehead atoms. The van der Waals surface area contributed by atoms with E-state index < -0.39 is 5.60 Å². The van der Waals surface area contributed by atoms with Crippen LogP contribution in [0.2, 0.25) is 10.0 Å². The minimum absolute atomic E-state index is 0.317. The number of carbonyl (C=O) groups excluding carboxylic acids is 1. The first-order chi connectivity index (χ1) is 10.7. The first kappa shape index (κ1) is 17.4. The van der Waals surface area contributed by atoms with Gasteiger partial charge in [-0.3, -0.25) is 4.79 Å². The van der Waals surface area contributed by atoms with Gasteiger partial charge in [0.15, 0.2) is 5.60 Å². The number of hydrogen-bond acceptors (Lipinski definition) is 3. The highest BCUT2D eigenvalue weighted by Crippen LogP contribution is 2.30. The van der Waals surface area contributed by atoms with Crippen molar-refractivity contribution in [1.82, 2.24) is 0 Å². The summed E-state index contributed by atoms with van der Waals surface area (Å²) in [5, 5.41) is 3.79. The van der Waals surface area contributed by atoms with Gasteiger partial charge in [-0.05, 0) is 62.7 Å². The van der Waals surface area contributed by atoms with Crippen LogP contribution in [0.15, 0.2) is 36.4 Å². The minimum atomic E-state index is -1.09. The molecule has 4 nitrogen and oxygen atoms in total. The highest BCUT2D eigenvalue weighted by Gasteiger charge is 2.30. The molecule has 6 heteroatoms. The summed E-state index contributed by atoms with van der Waals surface area (Å²) >= 11 is 12.0. The summed E-state index contributed by atoms with van der Waals surface area (Å²) < 4.78 is 5.76. The van der Waals surface area contributed by atoms with Crippen molar-refractivity contribution in [3.8, 4) is 5.75 Å². The van der Waals surface area contributed by atoms with Gasteiger partial charge >= 0.3 is 0 Å². The summed E-state index contributed by atoms with van der Waals surface area (Å²) in [5.74, 6) is 0.233. The molecule has 0 radical (unpaired) electrons. The lowest BCUT2D eigenvalue weighted by Crippen LogP contribution is -2.42. The number of carbonyl (C=O) groups is 1. The Balaban J connectivity index is 2.17. The molecule has 0 saturated carbocycles. The predicted octanol–water partition coefficient (Wildman–Crippen LogP) is 4.68. The third-order valence-corrected chi connectivity index (χ3v) is 3.83. The number of anilines is 2. The van der Waals surface area contributed by atoms with Crippen LogP contribution < -0.4 is 15.8 Å². The monoisotopic (exact) mass is 352 g/mol. The molecule has 3 N–H and O–H groups in total. The van der Waals surface area contributed by atoms with Crippen molar-refractivity contribution in [2.75, 3.05) is 11.1 Å². The molecule has 2 rings (SSSR count). The third kappa shape index (κ3) is 4.30. The van der Waals surface area contributed by atoms with E-state index in [0.29, 0.717) is 27.2 Å². The molecule has 0 unspecified atom stereocenters. The number of ether oxygens (including phenoxy) is 1. The maximum atomic E-state index is 12.5. The summed E-state index contributed by atoms with van der Waals surface area (Å²) in [7, 11) is 0. The van der Waals surface area contributed by atoms with E-state index in [1.807, 2.05) is 6.92 Å². The number of rotatable bonds is 4. The van der Waals surface area contributed by atoms with E-state index in [0.717, 1.165) is 5.56 Å². The molecule has 1 amide bonds. The van der Waals surface area contributed by atoms with Crippen LogP contribution in [0.25, 0.3) is 0 Å². The number of hydrogen-bond donors (Lipinski definition) is 2. The second kappa shape index (κ2) is 6.69. The standard InChI is InChI=1S/C17H18Cl2N2O2/c1-10-8-12(20)9-14(19)15(10)21-16(22)17(2,3)23-13-6-4-11(18)5-7-13/h4-9H,20H2,1-3H3,(H,21,22). The smallest absolute Gasteiger partial charge is 0.268 e. The zero-order valence-electron chi connectivity index (χ0n) is 13.1. The number of nitrogens with one attached hydrogen (secondary N) is 1. The average molecular weight is 353 g/mol. The number of halogens is 2.